The summed E-state index contributed by atoms with van der Waals surface area (Å²) in [6, 6.07) is 13.5. The Morgan fingerprint density at radius 3 is 2.80 bits per heavy atom. The van der Waals surface area contributed by atoms with Crippen LogP contribution in [0.1, 0.15) is 37.2 Å². The number of carbonyl (C=O) groups is 1. The molecule has 0 saturated heterocycles. The number of hydrogen-bond acceptors (Lipinski definition) is 5. The first-order chi connectivity index (χ1) is 14.4. The molecule has 156 valence electrons. The third-order valence-corrected chi connectivity index (χ3v) is 5.11. The van der Waals surface area contributed by atoms with E-state index in [1.165, 1.54) is 5.56 Å². The molecule has 0 aliphatic carbocycles. The minimum Gasteiger partial charge on any atom is -0.488 e. The molecule has 0 spiro atoms. The van der Waals surface area contributed by atoms with Gasteiger partial charge in [-0.05, 0) is 68.1 Å². The SMILES string of the molecule is COCc1nc(-c2ccc(NC(=O)Cc3ccc4c(c3)CCC(C)(C)O4)cc2)n[nH]1. The Balaban J connectivity index is 1.37. The zero-order chi connectivity index (χ0) is 21.1. The van der Waals surface area contributed by atoms with Gasteiger partial charge in [0.1, 0.15) is 18.0 Å². The van der Waals surface area contributed by atoms with Crippen LogP contribution in [-0.4, -0.2) is 33.8 Å². The van der Waals surface area contributed by atoms with Crippen molar-refractivity contribution in [1.29, 1.82) is 0 Å². The summed E-state index contributed by atoms with van der Waals surface area (Å²) in [7, 11) is 1.61. The molecule has 0 unspecified atom stereocenters. The number of aryl methyl sites for hydroxylation is 1. The number of benzene rings is 2. The minimum atomic E-state index is -0.130. The molecule has 4 rings (SSSR count). The molecule has 0 atom stereocenters. The maximum atomic E-state index is 12.5. The minimum absolute atomic E-state index is 0.0555. The molecule has 7 nitrogen and oxygen atoms in total. The summed E-state index contributed by atoms with van der Waals surface area (Å²) in [5.74, 6) is 2.13. The van der Waals surface area contributed by atoms with Crippen LogP contribution in [0.25, 0.3) is 11.4 Å². The smallest absolute Gasteiger partial charge is 0.228 e. The third kappa shape index (κ3) is 4.68. The Morgan fingerprint density at radius 1 is 1.23 bits per heavy atom. The van der Waals surface area contributed by atoms with Gasteiger partial charge >= 0.3 is 0 Å². The number of amides is 1. The first-order valence-corrected chi connectivity index (χ1v) is 10.0. The summed E-state index contributed by atoms with van der Waals surface area (Å²) in [4.78, 5) is 16.9. The Bertz CT molecular complexity index is 1040. The Hall–Kier alpha value is -3.19. The molecule has 2 N–H and O–H groups in total. The molecule has 7 heteroatoms. The zero-order valence-corrected chi connectivity index (χ0v) is 17.5. The number of rotatable bonds is 6. The fourth-order valence-corrected chi connectivity index (χ4v) is 3.54. The number of ether oxygens (including phenoxy) is 2. The molecule has 0 fully saturated rings. The van der Waals surface area contributed by atoms with Crippen LogP contribution in [0.2, 0.25) is 0 Å². The number of nitrogens with one attached hydrogen (secondary N) is 2. The lowest BCUT2D eigenvalue weighted by molar-refractivity contribution is -0.115. The van der Waals surface area contributed by atoms with Gasteiger partial charge < -0.3 is 14.8 Å². The van der Waals surface area contributed by atoms with Crippen molar-refractivity contribution in [1.82, 2.24) is 15.2 Å². The summed E-state index contributed by atoms with van der Waals surface area (Å²) in [5.41, 5.74) is 3.62. The van der Waals surface area contributed by atoms with Crippen LogP contribution in [0.3, 0.4) is 0 Å². The molecular formula is C23H26N4O3. The highest BCUT2D eigenvalue weighted by atomic mass is 16.5. The second kappa shape index (κ2) is 8.28. The van der Waals surface area contributed by atoms with Crippen LogP contribution in [0.5, 0.6) is 5.75 Å². The predicted molar refractivity (Wildman–Crippen MR) is 114 cm³/mol. The van der Waals surface area contributed by atoms with E-state index in [4.69, 9.17) is 9.47 Å². The van der Waals surface area contributed by atoms with Crippen LogP contribution in [0.15, 0.2) is 42.5 Å². The van der Waals surface area contributed by atoms with Gasteiger partial charge in [0.15, 0.2) is 11.6 Å². The van der Waals surface area contributed by atoms with Crippen molar-refractivity contribution in [3.05, 3.63) is 59.4 Å². The van der Waals surface area contributed by atoms with E-state index in [1.807, 2.05) is 36.4 Å². The van der Waals surface area contributed by atoms with Gasteiger partial charge in [0.2, 0.25) is 5.91 Å². The lowest BCUT2D eigenvalue weighted by atomic mass is 9.93. The molecule has 3 aromatic rings. The molecule has 1 aliphatic rings. The number of hydrogen-bond donors (Lipinski definition) is 2. The van der Waals surface area contributed by atoms with Gasteiger partial charge in [-0.15, -0.1) is 0 Å². The molecule has 0 radical (unpaired) electrons. The molecule has 1 aliphatic heterocycles. The molecule has 2 aromatic carbocycles. The molecule has 1 amide bonds. The molecule has 0 bridgehead atoms. The number of nitrogens with zero attached hydrogens (tertiary/aromatic N) is 2. The van der Waals surface area contributed by atoms with Gasteiger partial charge in [0.05, 0.1) is 6.42 Å². The Labute approximate surface area is 175 Å². The Kier molecular flexibility index (Phi) is 5.55. The maximum Gasteiger partial charge on any atom is 0.228 e. The van der Waals surface area contributed by atoms with Crippen LogP contribution >= 0.6 is 0 Å². The largest absolute Gasteiger partial charge is 0.488 e. The summed E-state index contributed by atoms with van der Waals surface area (Å²) in [6.45, 7) is 4.58. The van der Waals surface area contributed by atoms with Gasteiger partial charge in [-0.2, -0.15) is 5.10 Å². The van der Waals surface area contributed by atoms with Crippen LogP contribution in [0, 0.1) is 0 Å². The van der Waals surface area contributed by atoms with Gasteiger partial charge in [-0.3, -0.25) is 9.89 Å². The highest BCUT2D eigenvalue weighted by molar-refractivity contribution is 5.92. The fourth-order valence-electron chi connectivity index (χ4n) is 3.54. The highest BCUT2D eigenvalue weighted by Crippen LogP contribution is 2.33. The monoisotopic (exact) mass is 406 g/mol. The van der Waals surface area contributed by atoms with Crippen LogP contribution in [-0.2, 0) is 29.0 Å². The third-order valence-electron chi connectivity index (χ3n) is 5.11. The zero-order valence-electron chi connectivity index (χ0n) is 17.5. The summed E-state index contributed by atoms with van der Waals surface area (Å²) in [5, 5.41) is 9.97. The average Bonchev–Trinajstić information content (AvgIpc) is 3.17. The first-order valence-electron chi connectivity index (χ1n) is 10.0. The average molecular weight is 406 g/mol. The molecule has 1 aromatic heterocycles. The summed E-state index contributed by atoms with van der Waals surface area (Å²) < 4.78 is 11.1. The normalized spacial score (nSPS) is 14.6. The number of aromatic amines is 1. The first kappa shape index (κ1) is 20.1. The molecule has 0 saturated carbocycles. The lowest BCUT2D eigenvalue weighted by Crippen LogP contribution is -2.32. The van der Waals surface area contributed by atoms with Gasteiger partial charge in [0, 0.05) is 18.4 Å². The van der Waals surface area contributed by atoms with Gasteiger partial charge in [0.25, 0.3) is 0 Å². The van der Waals surface area contributed by atoms with E-state index in [0.29, 0.717) is 24.7 Å². The fraction of sp³-hybridized carbons (Fsp3) is 0.348. The number of fused-ring (bicyclic) bond motifs is 1. The maximum absolute atomic E-state index is 12.5. The van der Waals surface area contributed by atoms with Crippen molar-refractivity contribution in [2.75, 3.05) is 12.4 Å². The second-order valence-corrected chi connectivity index (χ2v) is 8.14. The predicted octanol–water partition coefficient (Wildman–Crippen LogP) is 3.90. The lowest BCUT2D eigenvalue weighted by Gasteiger charge is -2.32. The van der Waals surface area contributed by atoms with Crippen LogP contribution in [0.4, 0.5) is 5.69 Å². The topological polar surface area (TPSA) is 89.1 Å². The highest BCUT2D eigenvalue weighted by Gasteiger charge is 2.26. The second-order valence-electron chi connectivity index (χ2n) is 8.14. The van der Waals surface area contributed by atoms with Crippen molar-refractivity contribution in [2.24, 2.45) is 0 Å². The van der Waals surface area contributed by atoms with E-state index in [1.54, 1.807) is 7.11 Å². The number of anilines is 1. The standard InChI is InChI=1S/C23H26N4O3/c1-23(2)11-10-17-12-15(4-9-19(17)30-23)13-21(28)24-18-7-5-16(6-8-18)22-25-20(14-29-3)26-27-22/h4-9,12H,10-11,13-14H2,1-3H3,(H,24,28)(H,25,26,27). The quantitative estimate of drug-likeness (QED) is 0.648. The Morgan fingerprint density at radius 2 is 2.03 bits per heavy atom. The van der Waals surface area contributed by atoms with E-state index < -0.39 is 0 Å². The van der Waals surface area contributed by atoms with Crippen LogP contribution < -0.4 is 10.1 Å². The number of H-pyrrole nitrogens is 1. The number of methoxy groups -OCH3 is 1. The van der Waals surface area contributed by atoms with Crippen molar-refractivity contribution in [3.8, 4) is 17.1 Å². The van der Waals surface area contributed by atoms with Gasteiger partial charge in [-0.25, -0.2) is 4.98 Å². The van der Waals surface area contributed by atoms with Crippen molar-refractivity contribution < 1.29 is 14.3 Å². The van der Waals surface area contributed by atoms with E-state index in [9.17, 15) is 4.79 Å². The van der Waals surface area contributed by atoms with E-state index in [2.05, 4.69) is 40.4 Å². The summed E-state index contributed by atoms with van der Waals surface area (Å²) >= 11 is 0. The van der Waals surface area contributed by atoms with Crippen molar-refractivity contribution in [2.45, 2.75) is 45.3 Å². The van der Waals surface area contributed by atoms with E-state index >= 15 is 0 Å². The number of aromatic nitrogens is 3. The summed E-state index contributed by atoms with van der Waals surface area (Å²) in [6.07, 6.45) is 2.26. The molecule has 2 heterocycles. The number of carbonyl (C=O) groups excluding carboxylic acids is 1. The van der Waals surface area contributed by atoms with Crippen molar-refractivity contribution >= 4 is 11.6 Å². The molecular weight excluding hydrogens is 380 g/mol. The molecule has 30 heavy (non-hydrogen) atoms. The van der Waals surface area contributed by atoms with E-state index in [-0.39, 0.29) is 11.5 Å². The van der Waals surface area contributed by atoms with E-state index in [0.717, 1.165) is 35.4 Å². The van der Waals surface area contributed by atoms with Gasteiger partial charge in [-0.1, -0.05) is 12.1 Å². The van der Waals surface area contributed by atoms with Crippen molar-refractivity contribution in [3.63, 3.8) is 0 Å².